The van der Waals surface area contributed by atoms with Crippen molar-refractivity contribution in [3.8, 4) is 0 Å². The van der Waals surface area contributed by atoms with Gasteiger partial charge in [0.2, 0.25) is 5.89 Å². The van der Waals surface area contributed by atoms with Gasteiger partial charge in [0.15, 0.2) is 17.5 Å². The molecule has 2 fully saturated rings. The SMILES string of the molecule is O=C(CNC(=O)O[C@@H](CC1CCCCC1)C(=O)N1CCOCC1)Cc1nc2cc(F)ccc2o1. The molecule has 1 saturated carbocycles. The smallest absolute Gasteiger partial charge is 0.408 e. The van der Waals surface area contributed by atoms with E-state index in [-0.39, 0.29) is 30.5 Å². The molecular weight excluding hydrogens is 445 g/mol. The van der Waals surface area contributed by atoms with Crippen LogP contribution < -0.4 is 5.32 Å². The van der Waals surface area contributed by atoms with Gasteiger partial charge in [-0.25, -0.2) is 14.2 Å². The largest absolute Gasteiger partial charge is 0.440 e. The summed E-state index contributed by atoms with van der Waals surface area (Å²) in [5, 5.41) is 2.44. The van der Waals surface area contributed by atoms with Crippen LogP contribution in [-0.2, 0) is 25.5 Å². The molecule has 34 heavy (non-hydrogen) atoms. The highest BCUT2D eigenvalue weighted by atomic mass is 19.1. The molecule has 1 saturated heterocycles. The van der Waals surface area contributed by atoms with Crippen molar-refractivity contribution < 1.29 is 32.7 Å². The first-order chi connectivity index (χ1) is 16.5. The van der Waals surface area contributed by atoms with E-state index in [1.165, 1.54) is 24.6 Å². The standard InChI is InChI=1S/C24H30FN3O6/c25-17-6-7-20-19(13-17)27-22(33-20)14-18(29)15-26-24(31)34-21(12-16-4-2-1-3-5-16)23(30)28-8-10-32-11-9-28/h6-7,13,16,21H,1-5,8-12,14-15H2,(H,26,31)/t21-/m0/s1. The van der Waals surface area contributed by atoms with Crippen molar-refractivity contribution in [1.82, 2.24) is 15.2 Å². The number of halogens is 1. The molecule has 2 amide bonds. The average Bonchev–Trinajstić information content (AvgIpc) is 3.24. The van der Waals surface area contributed by atoms with Crippen LogP contribution in [-0.4, -0.2) is 66.6 Å². The van der Waals surface area contributed by atoms with Gasteiger partial charge in [-0.3, -0.25) is 9.59 Å². The summed E-state index contributed by atoms with van der Waals surface area (Å²) in [6.45, 7) is 1.57. The summed E-state index contributed by atoms with van der Waals surface area (Å²) in [4.78, 5) is 43.6. The van der Waals surface area contributed by atoms with Crippen LogP contribution in [0.3, 0.4) is 0 Å². The second kappa shape index (κ2) is 11.4. The lowest BCUT2D eigenvalue weighted by atomic mass is 9.85. The number of benzene rings is 1. The van der Waals surface area contributed by atoms with E-state index in [9.17, 15) is 18.8 Å². The number of carbonyl (C=O) groups is 3. The third-order valence-corrected chi connectivity index (χ3v) is 6.29. The highest BCUT2D eigenvalue weighted by Gasteiger charge is 2.32. The zero-order valence-electron chi connectivity index (χ0n) is 19.1. The molecule has 9 nitrogen and oxygen atoms in total. The number of ether oxygens (including phenoxy) is 2. The second-order valence-electron chi connectivity index (χ2n) is 8.86. The van der Waals surface area contributed by atoms with Gasteiger partial charge in [-0.2, -0.15) is 0 Å². The van der Waals surface area contributed by atoms with E-state index in [1.54, 1.807) is 4.90 Å². The Morgan fingerprint density at radius 1 is 1.18 bits per heavy atom. The number of hydrogen-bond donors (Lipinski definition) is 1. The summed E-state index contributed by atoms with van der Waals surface area (Å²) in [7, 11) is 0. The maximum atomic E-state index is 13.3. The summed E-state index contributed by atoms with van der Waals surface area (Å²) >= 11 is 0. The van der Waals surface area contributed by atoms with E-state index in [0.717, 1.165) is 25.7 Å². The van der Waals surface area contributed by atoms with Gasteiger partial charge in [0.05, 0.1) is 26.2 Å². The number of nitrogens with zero attached hydrogens (tertiary/aromatic N) is 2. The molecule has 10 heteroatoms. The number of morpholine rings is 1. The monoisotopic (exact) mass is 475 g/mol. The van der Waals surface area contributed by atoms with Crippen LogP contribution in [0.1, 0.15) is 44.4 Å². The van der Waals surface area contributed by atoms with Crippen LogP contribution >= 0.6 is 0 Å². The minimum Gasteiger partial charge on any atom is -0.440 e. The number of ketones is 1. The van der Waals surface area contributed by atoms with E-state index >= 15 is 0 Å². The van der Waals surface area contributed by atoms with Crippen LogP contribution in [0, 0.1) is 11.7 Å². The molecule has 2 aromatic rings. The van der Waals surface area contributed by atoms with E-state index in [1.807, 2.05) is 0 Å². The minimum atomic E-state index is -0.886. The van der Waals surface area contributed by atoms with Crippen LogP contribution in [0.5, 0.6) is 0 Å². The number of aromatic nitrogens is 1. The fourth-order valence-electron chi connectivity index (χ4n) is 4.51. The first kappa shape index (κ1) is 24.1. The lowest BCUT2D eigenvalue weighted by Gasteiger charge is -2.32. The molecule has 2 heterocycles. The van der Waals surface area contributed by atoms with Crippen LogP contribution in [0.25, 0.3) is 11.1 Å². The number of carbonyl (C=O) groups excluding carboxylic acids is 3. The van der Waals surface area contributed by atoms with Gasteiger partial charge >= 0.3 is 6.09 Å². The van der Waals surface area contributed by atoms with Gasteiger partial charge < -0.3 is 24.1 Å². The quantitative estimate of drug-likeness (QED) is 0.625. The molecular formula is C24H30FN3O6. The average molecular weight is 476 g/mol. The number of nitrogens with one attached hydrogen (secondary N) is 1. The number of oxazole rings is 1. The third-order valence-electron chi connectivity index (χ3n) is 6.29. The van der Waals surface area contributed by atoms with E-state index in [0.29, 0.717) is 49.7 Å². The molecule has 1 N–H and O–H groups in total. The molecule has 1 aliphatic carbocycles. The van der Waals surface area contributed by atoms with Crippen molar-refractivity contribution in [2.75, 3.05) is 32.8 Å². The molecule has 1 aromatic heterocycles. The van der Waals surface area contributed by atoms with Gasteiger partial charge in [0.25, 0.3) is 5.91 Å². The molecule has 0 unspecified atom stereocenters. The summed E-state index contributed by atoms with van der Waals surface area (Å²) < 4.78 is 29.6. The number of hydrogen-bond acceptors (Lipinski definition) is 7. The summed E-state index contributed by atoms with van der Waals surface area (Å²) in [5.74, 6) is -0.542. The zero-order valence-corrected chi connectivity index (χ0v) is 19.1. The van der Waals surface area contributed by atoms with Crippen molar-refractivity contribution in [2.24, 2.45) is 5.92 Å². The molecule has 4 rings (SSSR count). The predicted molar refractivity (Wildman–Crippen MR) is 120 cm³/mol. The van der Waals surface area contributed by atoms with Crippen LogP contribution in [0.15, 0.2) is 22.6 Å². The van der Waals surface area contributed by atoms with E-state index < -0.39 is 18.0 Å². The fraction of sp³-hybridized carbons (Fsp3) is 0.583. The molecule has 1 atom stereocenters. The number of amides is 2. The van der Waals surface area contributed by atoms with Crippen molar-refractivity contribution >= 4 is 28.9 Å². The molecule has 0 spiro atoms. The Balaban J connectivity index is 1.30. The highest BCUT2D eigenvalue weighted by molar-refractivity contribution is 5.87. The number of rotatable bonds is 8. The maximum Gasteiger partial charge on any atom is 0.408 e. The summed E-state index contributed by atoms with van der Waals surface area (Å²) in [5.41, 5.74) is 0.700. The number of alkyl carbamates (subject to hydrolysis) is 1. The number of fused-ring (bicyclic) bond motifs is 1. The Morgan fingerprint density at radius 3 is 2.71 bits per heavy atom. The fourth-order valence-corrected chi connectivity index (χ4v) is 4.51. The lowest BCUT2D eigenvalue weighted by Crippen LogP contribution is -2.48. The highest BCUT2D eigenvalue weighted by Crippen LogP contribution is 2.28. The first-order valence-electron chi connectivity index (χ1n) is 11.9. The van der Waals surface area contributed by atoms with Gasteiger partial charge in [-0.05, 0) is 24.5 Å². The van der Waals surface area contributed by atoms with Crippen molar-refractivity contribution in [3.63, 3.8) is 0 Å². The topological polar surface area (TPSA) is 111 Å². The Bertz CT molecular complexity index is 1010. The number of Topliss-reactive ketones (excluding diaryl/α,β-unsaturated/α-hetero) is 1. The Morgan fingerprint density at radius 2 is 1.94 bits per heavy atom. The maximum absolute atomic E-state index is 13.3. The summed E-state index contributed by atoms with van der Waals surface area (Å²) in [6, 6.07) is 3.91. The van der Waals surface area contributed by atoms with E-state index in [4.69, 9.17) is 13.9 Å². The van der Waals surface area contributed by atoms with E-state index in [2.05, 4.69) is 10.3 Å². The van der Waals surface area contributed by atoms with Gasteiger partial charge in [0.1, 0.15) is 11.3 Å². The normalized spacial score (nSPS) is 18.0. The van der Waals surface area contributed by atoms with Gasteiger partial charge in [-0.1, -0.05) is 32.1 Å². The van der Waals surface area contributed by atoms with Crippen LogP contribution in [0.2, 0.25) is 0 Å². The molecule has 1 aliphatic heterocycles. The van der Waals surface area contributed by atoms with Crippen molar-refractivity contribution in [2.45, 2.75) is 51.0 Å². The molecule has 184 valence electrons. The Labute approximate surface area is 197 Å². The van der Waals surface area contributed by atoms with Crippen LogP contribution in [0.4, 0.5) is 9.18 Å². The first-order valence-corrected chi connectivity index (χ1v) is 11.9. The predicted octanol–water partition coefficient (Wildman–Crippen LogP) is 3.00. The molecule has 0 bridgehead atoms. The molecule has 2 aliphatic rings. The molecule has 0 radical (unpaired) electrons. The van der Waals surface area contributed by atoms with Crippen molar-refractivity contribution in [3.05, 3.63) is 29.9 Å². The summed E-state index contributed by atoms with van der Waals surface area (Å²) in [6.07, 6.45) is 4.09. The van der Waals surface area contributed by atoms with Gasteiger partial charge in [0, 0.05) is 19.2 Å². The zero-order chi connectivity index (χ0) is 23.9. The van der Waals surface area contributed by atoms with Gasteiger partial charge in [-0.15, -0.1) is 0 Å². The third kappa shape index (κ3) is 6.53. The Hall–Kier alpha value is -3.01. The second-order valence-corrected chi connectivity index (χ2v) is 8.86. The lowest BCUT2D eigenvalue weighted by molar-refractivity contribution is -0.145. The Kier molecular flexibility index (Phi) is 8.10. The van der Waals surface area contributed by atoms with Crippen molar-refractivity contribution in [1.29, 1.82) is 0 Å². The molecule has 1 aromatic carbocycles. The minimum absolute atomic E-state index is 0.137.